The minimum absolute atomic E-state index is 0.116. The predicted octanol–water partition coefficient (Wildman–Crippen LogP) is 5.34. The van der Waals surface area contributed by atoms with Crippen LogP contribution >= 0.6 is 11.6 Å². The second kappa shape index (κ2) is 14.2. The highest BCUT2D eigenvalue weighted by Crippen LogP contribution is 2.49. The Hall–Kier alpha value is -2.76. The lowest BCUT2D eigenvalue weighted by molar-refractivity contribution is -0.187. The van der Waals surface area contributed by atoms with Gasteiger partial charge in [-0.25, -0.2) is 0 Å². The Morgan fingerprint density at radius 3 is 2.52 bits per heavy atom. The first-order chi connectivity index (χ1) is 22.2. The van der Waals surface area contributed by atoms with Crippen LogP contribution in [0.3, 0.4) is 0 Å². The van der Waals surface area contributed by atoms with E-state index < -0.39 is 59.5 Å². The molecule has 2 saturated heterocycles. The van der Waals surface area contributed by atoms with Gasteiger partial charge in [0.05, 0.1) is 29.7 Å². The number of aryl methyl sites for hydroxylation is 1. The van der Waals surface area contributed by atoms with E-state index in [1.165, 1.54) is 12.0 Å². The SMILES string of the molecule is CO[C@@H]1/C=C/C=C(\C)Cc2cc(C)c(Cl)c(c2)N(C)C(=O)C[C@H](OC(=O)[C@H](C)N(C)C(C)(C)C)[C@]2(C)O[C@H]2[C@H](C)[C@@H]2C[C@@]1(O)CC(=O)O2. The van der Waals surface area contributed by atoms with Crippen molar-refractivity contribution < 1.29 is 38.4 Å². The molecule has 0 aromatic heterocycles. The van der Waals surface area contributed by atoms with Gasteiger partial charge in [-0.2, -0.15) is 0 Å². The molecule has 0 unspecified atom stereocenters. The molecule has 3 aliphatic rings. The maximum Gasteiger partial charge on any atom is 0.323 e. The normalized spacial score (nSPS) is 34.1. The summed E-state index contributed by atoms with van der Waals surface area (Å²) in [6, 6.07) is 3.29. The number of methoxy groups -OCH3 is 1. The summed E-state index contributed by atoms with van der Waals surface area (Å²) >= 11 is 6.77. The Balaban J connectivity index is 1.78. The Morgan fingerprint density at radius 1 is 1.23 bits per heavy atom. The third-order valence-electron chi connectivity index (χ3n) is 10.4. The summed E-state index contributed by atoms with van der Waals surface area (Å²) in [7, 11) is 5.02. The number of fused-ring (bicyclic) bond motifs is 5. The molecule has 266 valence electrons. The number of amides is 1. The molecule has 3 aliphatic heterocycles. The zero-order valence-corrected chi connectivity index (χ0v) is 31.0. The number of rotatable bonds is 4. The van der Waals surface area contributed by atoms with Gasteiger partial charge in [0.15, 0.2) is 0 Å². The Labute approximate surface area is 290 Å². The molecule has 1 aromatic carbocycles. The van der Waals surface area contributed by atoms with E-state index in [9.17, 15) is 19.5 Å². The lowest BCUT2D eigenvalue weighted by atomic mass is 9.78. The van der Waals surface area contributed by atoms with Crippen molar-refractivity contribution in [2.45, 2.75) is 128 Å². The highest BCUT2D eigenvalue weighted by molar-refractivity contribution is 6.34. The average molecular weight is 689 g/mol. The third kappa shape index (κ3) is 7.99. The van der Waals surface area contributed by atoms with Crippen LogP contribution in [-0.2, 0) is 39.8 Å². The van der Waals surface area contributed by atoms with E-state index in [4.69, 9.17) is 30.5 Å². The number of benzene rings is 1. The summed E-state index contributed by atoms with van der Waals surface area (Å²) < 4.78 is 24.0. The number of nitrogens with zero attached hydrogens (tertiary/aromatic N) is 2. The van der Waals surface area contributed by atoms with E-state index in [1.807, 2.05) is 84.7 Å². The first-order valence-corrected chi connectivity index (χ1v) is 17.0. The summed E-state index contributed by atoms with van der Waals surface area (Å²) in [5, 5.41) is 12.3. The minimum Gasteiger partial charge on any atom is -0.462 e. The van der Waals surface area contributed by atoms with Crippen LogP contribution in [0.4, 0.5) is 5.69 Å². The van der Waals surface area contributed by atoms with Crippen LogP contribution in [0.25, 0.3) is 0 Å². The van der Waals surface area contributed by atoms with E-state index in [2.05, 4.69) is 0 Å². The fourth-order valence-corrected chi connectivity index (χ4v) is 7.11. The van der Waals surface area contributed by atoms with Crippen LogP contribution in [0.5, 0.6) is 0 Å². The number of esters is 2. The van der Waals surface area contributed by atoms with Crippen LogP contribution in [0, 0.1) is 12.8 Å². The largest absolute Gasteiger partial charge is 0.462 e. The van der Waals surface area contributed by atoms with Crippen LogP contribution in [-0.4, -0.2) is 96.3 Å². The molecule has 0 radical (unpaired) electrons. The van der Waals surface area contributed by atoms with Crippen LogP contribution < -0.4 is 4.90 Å². The number of aliphatic hydroxyl groups is 1. The fraction of sp³-hybridized carbons (Fsp3) is 0.649. The van der Waals surface area contributed by atoms with Crippen molar-refractivity contribution in [1.29, 1.82) is 0 Å². The van der Waals surface area contributed by atoms with Crippen LogP contribution in [0.2, 0.25) is 5.02 Å². The number of allylic oxidation sites excluding steroid dienone is 3. The molecule has 0 aliphatic carbocycles. The van der Waals surface area contributed by atoms with Gasteiger partial charge in [0, 0.05) is 32.0 Å². The number of halogens is 1. The molecule has 4 rings (SSSR count). The van der Waals surface area contributed by atoms with Crippen molar-refractivity contribution in [1.82, 2.24) is 4.90 Å². The van der Waals surface area contributed by atoms with E-state index in [0.717, 1.165) is 16.7 Å². The summed E-state index contributed by atoms with van der Waals surface area (Å²) in [6.07, 6.45) is 2.83. The van der Waals surface area contributed by atoms with E-state index in [1.54, 1.807) is 20.0 Å². The molecule has 11 heteroatoms. The topological polar surface area (TPSA) is 118 Å². The predicted molar refractivity (Wildman–Crippen MR) is 185 cm³/mol. The average Bonchev–Trinajstić information content (AvgIpc) is 3.69. The van der Waals surface area contributed by atoms with Gasteiger partial charge >= 0.3 is 11.9 Å². The number of hydrogen-bond acceptors (Lipinski definition) is 9. The maximum atomic E-state index is 14.0. The molecular weight excluding hydrogens is 636 g/mol. The number of epoxide rings is 1. The number of likely N-dealkylation sites (N-methyl/N-ethyl adjacent to an activating group) is 1. The molecular formula is C37H53ClN2O8. The first-order valence-electron chi connectivity index (χ1n) is 16.7. The van der Waals surface area contributed by atoms with Crippen molar-refractivity contribution in [3.05, 3.63) is 52.1 Å². The zero-order valence-electron chi connectivity index (χ0n) is 30.3. The van der Waals surface area contributed by atoms with Crippen molar-refractivity contribution in [3.63, 3.8) is 0 Å². The van der Waals surface area contributed by atoms with Gasteiger partial charge in [-0.3, -0.25) is 19.3 Å². The number of carbonyl (C=O) groups is 3. The summed E-state index contributed by atoms with van der Waals surface area (Å²) in [5.41, 5.74) is 0.456. The molecule has 1 amide bonds. The highest BCUT2D eigenvalue weighted by atomic mass is 35.5. The second-order valence-corrected chi connectivity index (χ2v) is 15.5. The van der Waals surface area contributed by atoms with E-state index in [0.29, 0.717) is 17.1 Å². The van der Waals surface area contributed by atoms with Crippen LogP contribution in [0.15, 0.2) is 35.9 Å². The lowest BCUT2D eigenvalue weighted by Gasteiger charge is -2.41. The molecule has 3 heterocycles. The molecule has 4 bridgehead atoms. The molecule has 10 nitrogen and oxygen atoms in total. The number of carbonyl (C=O) groups excluding carboxylic acids is 3. The van der Waals surface area contributed by atoms with Gasteiger partial charge in [0.2, 0.25) is 5.91 Å². The molecule has 2 fully saturated rings. The number of hydrogen-bond donors (Lipinski definition) is 1. The van der Waals surface area contributed by atoms with Gasteiger partial charge in [0.25, 0.3) is 0 Å². The molecule has 0 saturated carbocycles. The lowest BCUT2D eigenvalue weighted by Crippen LogP contribution is -2.53. The van der Waals surface area contributed by atoms with E-state index in [-0.39, 0.29) is 30.7 Å². The monoisotopic (exact) mass is 688 g/mol. The summed E-state index contributed by atoms with van der Waals surface area (Å²) in [4.78, 5) is 44.0. The van der Waals surface area contributed by atoms with Gasteiger partial charge < -0.3 is 29.0 Å². The number of anilines is 1. The minimum atomic E-state index is -1.52. The van der Waals surface area contributed by atoms with Crippen molar-refractivity contribution >= 4 is 35.1 Å². The van der Waals surface area contributed by atoms with Crippen molar-refractivity contribution in [3.8, 4) is 0 Å². The first kappa shape index (κ1) is 38.0. The standard InChI is InChI=1S/C37H53ClN2O8/c1-21-13-12-14-28(45-11)37(44)19-27(46-31(42)20-37)23(3)33-36(8,48-33)29(47-34(43)24(4)40(10)35(5,6)7)18-30(41)39(9)26-17-25(15-21)16-22(2)32(26)38/h12-14,16-17,23-24,27-29,33,44H,15,18-20H2,1-11H3/b14-12+,21-13+/t23-,24+,27+,28-,29+,33+,36+,37-/m1/s1. The molecule has 0 spiro atoms. The van der Waals surface area contributed by atoms with E-state index >= 15 is 0 Å². The molecule has 1 aromatic rings. The van der Waals surface area contributed by atoms with Crippen molar-refractivity contribution in [2.75, 3.05) is 26.1 Å². The Morgan fingerprint density at radius 2 is 1.90 bits per heavy atom. The Kier molecular flexibility index (Phi) is 11.3. The quantitative estimate of drug-likeness (QED) is 0.331. The second-order valence-electron chi connectivity index (χ2n) is 15.1. The van der Waals surface area contributed by atoms with Gasteiger partial charge in [0.1, 0.15) is 35.6 Å². The molecule has 1 N–H and O–H groups in total. The maximum absolute atomic E-state index is 14.0. The number of ether oxygens (including phenoxy) is 4. The van der Waals surface area contributed by atoms with Gasteiger partial charge in [-0.15, -0.1) is 0 Å². The fourth-order valence-electron chi connectivity index (χ4n) is 6.87. The van der Waals surface area contributed by atoms with Gasteiger partial charge in [-0.05, 0) is 79.1 Å². The third-order valence-corrected chi connectivity index (χ3v) is 10.9. The zero-order chi connectivity index (χ0) is 35.9. The van der Waals surface area contributed by atoms with Gasteiger partial charge in [-0.1, -0.05) is 48.4 Å². The Bertz CT molecular complexity index is 1470. The summed E-state index contributed by atoms with van der Waals surface area (Å²) in [6.45, 7) is 15.4. The molecule has 8 atom stereocenters. The van der Waals surface area contributed by atoms with Crippen molar-refractivity contribution in [2.24, 2.45) is 5.92 Å². The summed E-state index contributed by atoms with van der Waals surface area (Å²) in [5.74, 6) is -1.74. The van der Waals surface area contributed by atoms with Crippen LogP contribution in [0.1, 0.15) is 78.9 Å². The highest BCUT2D eigenvalue weighted by Gasteiger charge is 2.64. The molecule has 48 heavy (non-hydrogen) atoms. The smallest absolute Gasteiger partial charge is 0.323 e.